The van der Waals surface area contributed by atoms with Gasteiger partial charge >= 0.3 is 0 Å². The van der Waals surface area contributed by atoms with Crippen molar-refractivity contribution in [2.75, 3.05) is 12.4 Å². The van der Waals surface area contributed by atoms with E-state index in [-0.39, 0.29) is 17.3 Å². The predicted octanol–water partition coefficient (Wildman–Crippen LogP) is 2.96. The Morgan fingerprint density at radius 1 is 1.37 bits per heavy atom. The van der Waals surface area contributed by atoms with Crippen LogP contribution in [0.1, 0.15) is 0 Å². The van der Waals surface area contributed by atoms with Crippen molar-refractivity contribution >= 4 is 11.5 Å². The first-order chi connectivity index (χ1) is 9.08. The van der Waals surface area contributed by atoms with Crippen molar-refractivity contribution in [2.45, 2.75) is 0 Å². The van der Waals surface area contributed by atoms with E-state index in [9.17, 15) is 14.5 Å². The third-order valence-electron chi connectivity index (χ3n) is 2.27. The SMILES string of the molecule is CNc1cc([N+](=O)[O-])cc(Oc2cccc(F)c2)n1. The Kier molecular flexibility index (Phi) is 3.56. The van der Waals surface area contributed by atoms with Crippen LogP contribution in [0.25, 0.3) is 0 Å². The highest BCUT2D eigenvalue weighted by atomic mass is 19.1. The van der Waals surface area contributed by atoms with E-state index in [0.29, 0.717) is 5.82 Å². The van der Waals surface area contributed by atoms with E-state index in [1.807, 2.05) is 0 Å². The predicted molar refractivity (Wildman–Crippen MR) is 66.9 cm³/mol. The molecule has 7 heteroatoms. The smallest absolute Gasteiger partial charge is 0.278 e. The molecule has 0 aliphatic heterocycles. The van der Waals surface area contributed by atoms with Crippen LogP contribution < -0.4 is 10.1 Å². The Hall–Kier alpha value is -2.70. The Balaban J connectivity index is 2.34. The minimum Gasteiger partial charge on any atom is -0.439 e. The summed E-state index contributed by atoms with van der Waals surface area (Å²) in [5, 5.41) is 13.5. The molecule has 0 atom stereocenters. The summed E-state index contributed by atoms with van der Waals surface area (Å²) in [6.45, 7) is 0. The molecule has 6 nitrogen and oxygen atoms in total. The number of hydrogen-bond donors (Lipinski definition) is 1. The molecule has 0 saturated heterocycles. The van der Waals surface area contributed by atoms with Crippen LogP contribution in [-0.4, -0.2) is 17.0 Å². The van der Waals surface area contributed by atoms with Gasteiger partial charge < -0.3 is 10.1 Å². The number of aromatic nitrogens is 1. The highest BCUT2D eigenvalue weighted by Crippen LogP contribution is 2.26. The second kappa shape index (κ2) is 5.30. The number of pyridine rings is 1. The van der Waals surface area contributed by atoms with Gasteiger partial charge in [0.15, 0.2) is 0 Å². The Bertz CT molecular complexity index is 619. The summed E-state index contributed by atoms with van der Waals surface area (Å²) in [6.07, 6.45) is 0. The molecule has 2 rings (SSSR count). The third-order valence-corrected chi connectivity index (χ3v) is 2.27. The van der Waals surface area contributed by atoms with Gasteiger partial charge in [-0.3, -0.25) is 10.1 Å². The van der Waals surface area contributed by atoms with Crippen molar-refractivity contribution in [3.05, 3.63) is 52.3 Å². The van der Waals surface area contributed by atoms with Gasteiger partial charge in [0.05, 0.1) is 17.1 Å². The van der Waals surface area contributed by atoms with E-state index < -0.39 is 10.7 Å². The molecule has 19 heavy (non-hydrogen) atoms. The summed E-state index contributed by atoms with van der Waals surface area (Å²) in [5.41, 5.74) is -0.161. The van der Waals surface area contributed by atoms with Gasteiger partial charge in [0, 0.05) is 13.1 Å². The third kappa shape index (κ3) is 3.15. The van der Waals surface area contributed by atoms with Crippen LogP contribution in [0.3, 0.4) is 0 Å². The van der Waals surface area contributed by atoms with Crippen LogP contribution in [0, 0.1) is 15.9 Å². The van der Waals surface area contributed by atoms with E-state index >= 15 is 0 Å². The van der Waals surface area contributed by atoms with Gasteiger partial charge in [-0.2, -0.15) is 4.98 Å². The zero-order chi connectivity index (χ0) is 13.8. The molecule has 0 aliphatic carbocycles. The highest BCUT2D eigenvalue weighted by molar-refractivity contribution is 5.48. The number of anilines is 1. The molecule has 0 bridgehead atoms. The average molecular weight is 263 g/mol. The fourth-order valence-corrected chi connectivity index (χ4v) is 1.43. The van der Waals surface area contributed by atoms with E-state index in [2.05, 4.69) is 10.3 Å². The normalized spacial score (nSPS) is 10.0. The van der Waals surface area contributed by atoms with Gasteiger partial charge in [-0.25, -0.2) is 4.39 Å². The lowest BCUT2D eigenvalue weighted by Crippen LogP contribution is -1.98. The summed E-state index contributed by atoms with van der Waals surface area (Å²) in [6, 6.07) is 7.89. The number of hydrogen-bond acceptors (Lipinski definition) is 5. The fourth-order valence-electron chi connectivity index (χ4n) is 1.43. The van der Waals surface area contributed by atoms with Gasteiger partial charge in [0.2, 0.25) is 5.88 Å². The molecule has 98 valence electrons. The van der Waals surface area contributed by atoms with Gasteiger partial charge in [0.25, 0.3) is 5.69 Å². The molecule has 2 aromatic rings. The van der Waals surface area contributed by atoms with Crippen molar-refractivity contribution in [3.63, 3.8) is 0 Å². The van der Waals surface area contributed by atoms with Crippen LogP contribution in [0.15, 0.2) is 36.4 Å². The molecule has 0 spiro atoms. The first-order valence-electron chi connectivity index (χ1n) is 5.36. The van der Waals surface area contributed by atoms with E-state index in [1.54, 1.807) is 7.05 Å². The first-order valence-corrected chi connectivity index (χ1v) is 5.36. The maximum atomic E-state index is 13.0. The number of halogens is 1. The molecule has 1 N–H and O–H groups in total. The zero-order valence-corrected chi connectivity index (χ0v) is 9.96. The van der Waals surface area contributed by atoms with Crippen LogP contribution in [0.5, 0.6) is 11.6 Å². The molecular weight excluding hydrogens is 253 g/mol. The van der Waals surface area contributed by atoms with Crippen molar-refractivity contribution in [1.82, 2.24) is 4.98 Å². The number of rotatable bonds is 4. The molecule has 0 fully saturated rings. The van der Waals surface area contributed by atoms with Gasteiger partial charge in [-0.1, -0.05) is 6.07 Å². The molecule has 0 unspecified atom stereocenters. The van der Waals surface area contributed by atoms with Crippen LogP contribution in [0.2, 0.25) is 0 Å². The average Bonchev–Trinajstić information content (AvgIpc) is 2.38. The summed E-state index contributed by atoms with van der Waals surface area (Å²) < 4.78 is 18.3. The Morgan fingerprint density at radius 2 is 2.16 bits per heavy atom. The van der Waals surface area contributed by atoms with E-state index in [1.165, 1.54) is 36.4 Å². The van der Waals surface area contributed by atoms with Crippen molar-refractivity contribution in [3.8, 4) is 11.6 Å². The number of nitrogens with one attached hydrogen (secondary N) is 1. The molecule has 0 amide bonds. The highest BCUT2D eigenvalue weighted by Gasteiger charge is 2.12. The Labute approximate surface area is 108 Å². The molecule has 1 aromatic heterocycles. The van der Waals surface area contributed by atoms with Crippen LogP contribution >= 0.6 is 0 Å². The van der Waals surface area contributed by atoms with Crippen LogP contribution in [0.4, 0.5) is 15.9 Å². The first kappa shape index (κ1) is 12.7. The lowest BCUT2D eigenvalue weighted by atomic mass is 10.3. The van der Waals surface area contributed by atoms with Crippen molar-refractivity contribution in [1.29, 1.82) is 0 Å². The standard InChI is InChI=1S/C12H10FN3O3/c1-14-11-6-9(16(17)18)7-12(15-11)19-10-4-2-3-8(13)5-10/h2-7H,1H3,(H,14,15). The quantitative estimate of drug-likeness (QED) is 0.677. The van der Waals surface area contributed by atoms with Gasteiger partial charge in [0.1, 0.15) is 17.4 Å². The van der Waals surface area contributed by atoms with E-state index in [0.717, 1.165) is 0 Å². The number of benzene rings is 1. The summed E-state index contributed by atoms with van der Waals surface area (Å²) in [5.74, 6) is 0.0663. The molecule has 0 radical (unpaired) electrons. The molecule has 0 aliphatic rings. The number of nitro groups is 1. The Morgan fingerprint density at radius 3 is 2.79 bits per heavy atom. The number of nitrogens with zero attached hydrogens (tertiary/aromatic N) is 2. The molecule has 0 saturated carbocycles. The second-order valence-corrected chi connectivity index (χ2v) is 3.62. The minimum atomic E-state index is -0.555. The maximum absolute atomic E-state index is 13.0. The molecule has 1 heterocycles. The monoisotopic (exact) mass is 263 g/mol. The summed E-state index contributed by atoms with van der Waals surface area (Å²) >= 11 is 0. The minimum absolute atomic E-state index is 0.0177. The maximum Gasteiger partial charge on any atom is 0.278 e. The van der Waals surface area contributed by atoms with Crippen LogP contribution in [-0.2, 0) is 0 Å². The van der Waals surface area contributed by atoms with Crippen molar-refractivity contribution < 1.29 is 14.1 Å². The fraction of sp³-hybridized carbons (Fsp3) is 0.0833. The largest absolute Gasteiger partial charge is 0.439 e. The van der Waals surface area contributed by atoms with Gasteiger partial charge in [-0.15, -0.1) is 0 Å². The lowest BCUT2D eigenvalue weighted by molar-refractivity contribution is -0.384. The summed E-state index contributed by atoms with van der Waals surface area (Å²) in [4.78, 5) is 14.2. The second-order valence-electron chi connectivity index (χ2n) is 3.62. The molecular formula is C12H10FN3O3. The number of ether oxygens (including phenoxy) is 1. The lowest BCUT2D eigenvalue weighted by Gasteiger charge is -2.06. The zero-order valence-electron chi connectivity index (χ0n) is 9.96. The van der Waals surface area contributed by atoms with Gasteiger partial charge in [-0.05, 0) is 12.1 Å². The molecule has 1 aromatic carbocycles. The topological polar surface area (TPSA) is 77.3 Å². The van der Waals surface area contributed by atoms with Crippen molar-refractivity contribution in [2.24, 2.45) is 0 Å². The van der Waals surface area contributed by atoms with E-state index in [4.69, 9.17) is 4.74 Å². The summed E-state index contributed by atoms with van der Waals surface area (Å²) in [7, 11) is 1.58.